The Hall–Kier alpha value is -0.830. The van der Waals surface area contributed by atoms with E-state index in [1.807, 2.05) is 0 Å². The Balaban J connectivity index is 2.03. The van der Waals surface area contributed by atoms with Gasteiger partial charge in [-0.1, -0.05) is 6.92 Å². The van der Waals surface area contributed by atoms with E-state index < -0.39 is 0 Å². The summed E-state index contributed by atoms with van der Waals surface area (Å²) in [5.74, 6) is 0. The molecule has 1 aromatic rings. The van der Waals surface area contributed by atoms with Gasteiger partial charge in [-0.3, -0.25) is 4.68 Å². The van der Waals surface area contributed by atoms with Crippen molar-refractivity contribution in [2.45, 2.75) is 58.5 Å². The molecule has 0 amide bonds. The molecule has 1 fully saturated rings. The van der Waals surface area contributed by atoms with Crippen molar-refractivity contribution in [3.63, 3.8) is 0 Å². The van der Waals surface area contributed by atoms with Crippen LogP contribution in [0.5, 0.6) is 0 Å². The van der Waals surface area contributed by atoms with Crippen molar-refractivity contribution in [3.8, 4) is 0 Å². The summed E-state index contributed by atoms with van der Waals surface area (Å²) in [6, 6.07) is 2.94. The zero-order valence-electron chi connectivity index (χ0n) is 10.6. The van der Waals surface area contributed by atoms with Crippen LogP contribution in [0.1, 0.15) is 51.8 Å². The van der Waals surface area contributed by atoms with E-state index >= 15 is 0 Å². The summed E-state index contributed by atoms with van der Waals surface area (Å²) in [7, 11) is 0. The molecule has 2 N–H and O–H groups in total. The highest BCUT2D eigenvalue weighted by molar-refractivity contribution is 5.11. The molecule has 16 heavy (non-hydrogen) atoms. The van der Waals surface area contributed by atoms with Crippen LogP contribution in [0.25, 0.3) is 0 Å². The number of aromatic nitrogens is 2. The number of nitrogens with zero attached hydrogens (tertiary/aromatic N) is 2. The first kappa shape index (κ1) is 11.6. The fraction of sp³-hybridized carbons (Fsp3) is 0.769. The summed E-state index contributed by atoms with van der Waals surface area (Å²) >= 11 is 0. The normalized spacial score (nSPS) is 21.8. The SMILES string of the molecule is CCC(C)n1ccc(CC2(C(C)N)CC2)n1. The minimum absolute atomic E-state index is 0.293. The second-order valence-corrected chi connectivity index (χ2v) is 5.37. The summed E-state index contributed by atoms with van der Waals surface area (Å²) in [5, 5.41) is 4.65. The average Bonchev–Trinajstić information content (AvgIpc) is 2.89. The van der Waals surface area contributed by atoms with Gasteiger partial charge < -0.3 is 5.73 Å². The van der Waals surface area contributed by atoms with Crippen molar-refractivity contribution in [3.05, 3.63) is 18.0 Å². The maximum atomic E-state index is 6.04. The Morgan fingerprint density at radius 2 is 2.19 bits per heavy atom. The maximum Gasteiger partial charge on any atom is 0.0630 e. The van der Waals surface area contributed by atoms with Gasteiger partial charge in [-0.2, -0.15) is 5.10 Å². The molecule has 1 aromatic heterocycles. The first-order chi connectivity index (χ1) is 7.57. The van der Waals surface area contributed by atoms with Gasteiger partial charge in [0.05, 0.1) is 5.69 Å². The lowest BCUT2D eigenvalue weighted by Gasteiger charge is -2.18. The lowest BCUT2D eigenvalue weighted by Crippen LogP contribution is -2.30. The number of hydrogen-bond donors (Lipinski definition) is 1. The first-order valence-electron chi connectivity index (χ1n) is 6.37. The molecule has 1 aliphatic carbocycles. The van der Waals surface area contributed by atoms with Crippen molar-refractivity contribution in [2.24, 2.45) is 11.1 Å². The highest BCUT2D eigenvalue weighted by atomic mass is 15.3. The van der Waals surface area contributed by atoms with E-state index in [1.54, 1.807) is 0 Å². The molecule has 1 saturated carbocycles. The van der Waals surface area contributed by atoms with Gasteiger partial charge in [0, 0.05) is 18.3 Å². The van der Waals surface area contributed by atoms with Crippen LogP contribution >= 0.6 is 0 Å². The lowest BCUT2D eigenvalue weighted by molar-refractivity contribution is 0.406. The minimum Gasteiger partial charge on any atom is -0.327 e. The van der Waals surface area contributed by atoms with Crippen LogP contribution in [0.15, 0.2) is 12.3 Å². The summed E-state index contributed by atoms with van der Waals surface area (Å²) in [5.41, 5.74) is 7.60. The third-order valence-electron chi connectivity index (χ3n) is 4.10. The molecule has 90 valence electrons. The Bertz CT molecular complexity index is 350. The predicted octanol–water partition coefficient (Wildman–Crippen LogP) is 2.52. The molecule has 3 heteroatoms. The molecule has 0 aromatic carbocycles. The van der Waals surface area contributed by atoms with E-state index in [-0.39, 0.29) is 0 Å². The number of hydrogen-bond acceptors (Lipinski definition) is 2. The molecule has 0 radical (unpaired) electrons. The first-order valence-corrected chi connectivity index (χ1v) is 6.37. The summed E-state index contributed by atoms with van der Waals surface area (Å²) < 4.78 is 2.08. The van der Waals surface area contributed by atoms with Gasteiger partial charge in [0.1, 0.15) is 0 Å². The fourth-order valence-corrected chi connectivity index (χ4v) is 2.22. The van der Waals surface area contributed by atoms with Gasteiger partial charge in [-0.15, -0.1) is 0 Å². The zero-order valence-corrected chi connectivity index (χ0v) is 10.6. The predicted molar refractivity (Wildman–Crippen MR) is 66.2 cm³/mol. The van der Waals surface area contributed by atoms with Crippen LogP contribution in [0.4, 0.5) is 0 Å². The van der Waals surface area contributed by atoms with Crippen molar-refractivity contribution in [2.75, 3.05) is 0 Å². The Morgan fingerprint density at radius 1 is 1.50 bits per heavy atom. The highest BCUT2D eigenvalue weighted by Gasteiger charge is 2.46. The highest BCUT2D eigenvalue weighted by Crippen LogP contribution is 2.50. The van der Waals surface area contributed by atoms with E-state index in [4.69, 9.17) is 5.73 Å². The standard InChI is InChI=1S/C13H23N3/c1-4-10(2)16-8-5-12(15-16)9-13(6-7-13)11(3)14/h5,8,10-11H,4,6-7,9,14H2,1-3H3. The van der Waals surface area contributed by atoms with Crippen LogP contribution in [-0.4, -0.2) is 15.8 Å². The average molecular weight is 221 g/mol. The van der Waals surface area contributed by atoms with Gasteiger partial charge in [-0.25, -0.2) is 0 Å². The smallest absolute Gasteiger partial charge is 0.0630 e. The summed E-state index contributed by atoms with van der Waals surface area (Å²) in [6.07, 6.45) is 6.80. The molecule has 0 aliphatic heterocycles. The molecule has 3 nitrogen and oxygen atoms in total. The van der Waals surface area contributed by atoms with Crippen molar-refractivity contribution < 1.29 is 0 Å². The molecule has 2 rings (SSSR count). The summed E-state index contributed by atoms with van der Waals surface area (Å²) in [6.45, 7) is 6.52. The van der Waals surface area contributed by atoms with Crippen molar-refractivity contribution in [1.82, 2.24) is 9.78 Å². The van der Waals surface area contributed by atoms with E-state index in [0.717, 1.165) is 12.8 Å². The fourth-order valence-electron chi connectivity index (χ4n) is 2.22. The molecule has 0 saturated heterocycles. The van der Waals surface area contributed by atoms with E-state index in [1.165, 1.54) is 18.5 Å². The zero-order chi connectivity index (χ0) is 11.8. The third-order valence-corrected chi connectivity index (χ3v) is 4.10. The molecule has 1 aliphatic rings. The Morgan fingerprint density at radius 3 is 2.69 bits per heavy atom. The van der Waals surface area contributed by atoms with Crippen LogP contribution in [-0.2, 0) is 6.42 Å². The van der Waals surface area contributed by atoms with Gasteiger partial charge in [0.15, 0.2) is 0 Å². The van der Waals surface area contributed by atoms with Crippen LogP contribution in [0, 0.1) is 5.41 Å². The van der Waals surface area contributed by atoms with Crippen molar-refractivity contribution >= 4 is 0 Å². The summed E-state index contributed by atoms with van der Waals surface area (Å²) in [4.78, 5) is 0. The van der Waals surface area contributed by atoms with Crippen molar-refractivity contribution in [1.29, 1.82) is 0 Å². The van der Waals surface area contributed by atoms with E-state index in [9.17, 15) is 0 Å². The van der Waals surface area contributed by atoms with Crippen LogP contribution in [0.3, 0.4) is 0 Å². The Labute approximate surface area is 98.0 Å². The van der Waals surface area contributed by atoms with E-state index in [0.29, 0.717) is 17.5 Å². The monoisotopic (exact) mass is 221 g/mol. The molecule has 2 unspecified atom stereocenters. The van der Waals surface area contributed by atoms with Crippen LogP contribution in [0.2, 0.25) is 0 Å². The molecule has 1 heterocycles. The third kappa shape index (κ3) is 2.14. The quantitative estimate of drug-likeness (QED) is 0.830. The minimum atomic E-state index is 0.293. The molecule has 2 atom stereocenters. The van der Waals surface area contributed by atoms with Gasteiger partial charge in [0.2, 0.25) is 0 Å². The molecule has 0 spiro atoms. The van der Waals surface area contributed by atoms with Crippen LogP contribution < -0.4 is 5.73 Å². The lowest BCUT2D eigenvalue weighted by atomic mass is 9.93. The van der Waals surface area contributed by atoms with Gasteiger partial charge in [0.25, 0.3) is 0 Å². The topological polar surface area (TPSA) is 43.8 Å². The number of nitrogens with two attached hydrogens (primary N) is 1. The molecular formula is C13H23N3. The van der Waals surface area contributed by atoms with Gasteiger partial charge in [-0.05, 0) is 51.0 Å². The van der Waals surface area contributed by atoms with E-state index in [2.05, 4.69) is 42.8 Å². The number of rotatable bonds is 5. The molecular weight excluding hydrogens is 198 g/mol. The molecule has 0 bridgehead atoms. The Kier molecular flexibility index (Phi) is 3.06. The second-order valence-electron chi connectivity index (χ2n) is 5.37. The second kappa shape index (κ2) is 4.21. The maximum absolute atomic E-state index is 6.04. The largest absolute Gasteiger partial charge is 0.327 e. The van der Waals surface area contributed by atoms with Gasteiger partial charge >= 0.3 is 0 Å².